The number of hydrogen-bond acceptors (Lipinski definition) is 0. The van der Waals surface area contributed by atoms with Crippen LogP contribution >= 0.6 is 0 Å². The normalized spacial score (nSPS) is 56.4. The van der Waals surface area contributed by atoms with Crippen molar-refractivity contribution >= 4 is 0 Å². The lowest BCUT2D eigenvalue weighted by Crippen LogP contribution is -2.42. The summed E-state index contributed by atoms with van der Waals surface area (Å²) in [4.78, 5) is 0. The van der Waals surface area contributed by atoms with E-state index in [1.54, 1.807) is 135 Å². The molecule has 0 saturated heterocycles. The molecule has 0 aromatic carbocycles. The molecule has 10 aliphatic rings. The maximum atomic E-state index is 2.83. The molecular formula is C52H86. The summed E-state index contributed by atoms with van der Waals surface area (Å²) in [7, 11) is 0. The van der Waals surface area contributed by atoms with Gasteiger partial charge in [0.05, 0.1) is 0 Å². The molecule has 10 saturated carbocycles. The molecule has 0 radical (unpaired) electrons. The molecule has 0 N–H and O–H groups in total. The lowest BCUT2D eigenvalue weighted by molar-refractivity contribution is -0.0129. The highest BCUT2D eigenvalue weighted by Gasteiger charge is 2.61. The Morgan fingerprint density at radius 2 is 0.635 bits per heavy atom. The molecule has 18 atom stereocenters. The maximum Gasteiger partial charge on any atom is -0.0266 e. The van der Waals surface area contributed by atoms with Gasteiger partial charge in [0.15, 0.2) is 0 Å². The van der Waals surface area contributed by atoms with Crippen molar-refractivity contribution in [3.8, 4) is 0 Å². The standard InChI is InChI=1S/C52H86/c1-7-52(6)46-19-13-10-16-40(46)43-25-22-34(31-49(43)52)37-27-35(32-20-23-41-38-14-8-11-17-44(38)50(2,3)47(41)29-32)26-36(28-37)33-21-24-42-39-15-9-12-18-45(39)51(4,5)48(42)30-33/h32-49H,7-31H2,1-6H3. The Balaban J connectivity index is 0.913. The monoisotopic (exact) mass is 711 g/mol. The van der Waals surface area contributed by atoms with Crippen LogP contribution in [0.4, 0.5) is 0 Å². The molecule has 0 nitrogen and oxygen atoms in total. The predicted octanol–water partition coefficient (Wildman–Crippen LogP) is 15.0. The fraction of sp³-hybridized carbons (Fsp3) is 1.00. The molecule has 0 heteroatoms. The summed E-state index contributed by atoms with van der Waals surface area (Å²) in [6.07, 6.45) is 39.7. The van der Waals surface area contributed by atoms with Crippen LogP contribution in [0.3, 0.4) is 0 Å². The average Bonchev–Trinajstić information content (AvgIpc) is 3.68. The molecule has 0 aromatic heterocycles. The van der Waals surface area contributed by atoms with Crippen LogP contribution in [0.1, 0.15) is 202 Å². The van der Waals surface area contributed by atoms with Crippen molar-refractivity contribution in [1.82, 2.24) is 0 Å². The third-order valence-corrected chi connectivity index (χ3v) is 23.0. The van der Waals surface area contributed by atoms with Gasteiger partial charge >= 0.3 is 0 Å². The molecule has 0 spiro atoms. The summed E-state index contributed by atoms with van der Waals surface area (Å²) in [5.74, 6) is 19.2. The fourth-order valence-corrected chi connectivity index (χ4v) is 20.6. The van der Waals surface area contributed by atoms with Crippen molar-refractivity contribution in [3.05, 3.63) is 0 Å². The first-order valence-corrected chi connectivity index (χ1v) is 25.1. The minimum absolute atomic E-state index is 0.605. The molecule has 0 aromatic rings. The minimum Gasteiger partial charge on any atom is -0.0648 e. The highest BCUT2D eigenvalue weighted by molar-refractivity contribution is 5.10. The van der Waals surface area contributed by atoms with Gasteiger partial charge in [-0.25, -0.2) is 0 Å². The van der Waals surface area contributed by atoms with Gasteiger partial charge in [-0.15, -0.1) is 0 Å². The van der Waals surface area contributed by atoms with E-state index in [0.29, 0.717) is 16.2 Å². The van der Waals surface area contributed by atoms with Gasteiger partial charge in [-0.3, -0.25) is 0 Å². The highest BCUT2D eigenvalue weighted by atomic mass is 14.7. The lowest BCUT2D eigenvalue weighted by atomic mass is 9.54. The van der Waals surface area contributed by atoms with E-state index in [-0.39, 0.29) is 0 Å². The molecule has 0 bridgehead atoms. The van der Waals surface area contributed by atoms with Crippen LogP contribution in [0, 0.1) is 123 Å². The largest absolute Gasteiger partial charge is 0.0648 e. The quantitative estimate of drug-likeness (QED) is 0.272. The first kappa shape index (κ1) is 36.3. The molecular weight excluding hydrogens is 625 g/mol. The van der Waals surface area contributed by atoms with Gasteiger partial charge in [0.25, 0.3) is 0 Å². The van der Waals surface area contributed by atoms with Gasteiger partial charge in [-0.05, 0) is 238 Å². The van der Waals surface area contributed by atoms with Crippen LogP contribution < -0.4 is 0 Å². The Kier molecular flexibility index (Phi) is 9.47. The van der Waals surface area contributed by atoms with Gasteiger partial charge in [0, 0.05) is 0 Å². The predicted molar refractivity (Wildman–Crippen MR) is 220 cm³/mol. The molecule has 52 heavy (non-hydrogen) atoms. The van der Waals surface area contributed by atoms with E-state index in [4.69, 9.17) is 0 Å². The second-order valence-electron chi connectivity index (χ2n) is 24.7. The molecule has 10 fully saturated rings. The number of rotatable bonds is 4. The fourth-order valence-electron chi connectivity index (χ4n) is 20.6. The van der Waals surface area contributed by atoms with Crippen LogP contribution in [0.25, 0.3) is 0 Å². The zero-order valence-electron chi connectivity index (χ0n) is 35.6. The van der Waals surface area contributed by atoms with Crippen molar-refractivity contribution in [3.63, 3.8) is 0 Å². The molecule has 10 aliphatic carbocycles. The Morgan fingerprint density at radius 3 is 1.06 bits per heavy atom. The summed E-state index contributed by atoms with van der Waals surface area (Å²) >= 11 is 0. The smallest absolute Gasteiger partial charge is 0.0266 e. The molecule has 0 amide bonds. The van der Waals surface area contributed by atoms with Crippen LogP contribution in [-0.2, 0) is 0 Å². The third-order valence-electron chi connectivity index (χ3n) is 23.0. The Hall–Kier alpha value is 0. The van der Waals surface area contributed by atoms with Crippen molar-refractivity contribution in [2.45, 2.75) is 202 Å². The summed E-state index contributed by atoms with van der Waals surface area (Å²) in [6, 6.07) is 0. The molecule has 18 unspecified atom stereocenters. The SMILES string of the molecule is CCC1(C)C2CCCCC2C2CCC(C3CC(C4CCC5C6CCCCC6C(C)(C)C5C4)CC(C4CCC5C6CCCCC6C(C)(C)C5C4)C3)CC21. The van der Waals surface area contributed by atoms with Crippen LogP contribution in [0.15, 0.2) is 0 Å². The van der Waals surface area contributed by atoms with Gasteiger partial charge in [0.1, 0.15) is 0 Å². The van der Waals surface area contributed by atoms with E-state index in [1.807, 2.05) is 0 Å². The Morgan fingerprint density at radius 1 is 0.308 bits per heavy atom. The van der Waals surface area contributed by atoms with Crippen LogP contribution in [-0.4, -0.2) is 0 Å². The van der Waals surface area contributed by atoms with E-state index in [2.05, 4.69) is 41.5 Å². The molecule has 0 aliphatic heterocycles. The molecule has 294 valence electrons. The second-order valence-corrected chi connectivity index (χ2v) is 24.7. The summed E-state index contributed by atoms with van der Waals surface area (Å²) in [5.41, 5.74) is 1.86. The highest BCUT2D eigenvalue weighted by Crippen LogP contribution is 2.69. The second kappa shape index (κ2) is 13.6. The summed E-state index contributed by atoms with van der Waals surface area (Å²) in [5, 5.41) is 0. The minimum atomic E-state index is 0.605. The van der Waals surface area contributed by atoms with Crippen LogP contribution in [0.5, 0.6) is 0 Å². The van der Waals surface area contributed by atoms with E-state index >= 15 is 0 Å². The third kappa shape index (κ3) is 5.56. The van der Waals surface area contributed by atoms with E-state index in [1.165, 1.54) is 25.7 Å². The van der Waals surface area contributed by atoms with E-state index in [0.717, 1.165) is 107 Å². The van der Waals surface area contributed by atoms with Crippen molar-refractivity contribution < 1.29 is 0 Å². The number of hydrogen-bond donors (Lipinski definition) is 0. The van der Waals surface area contributed by atoms with Gasteiger partial charge in [-0.1, -0.05) is 86.5 Å². The summed E-state index contributed by atoms with van der Waals surface area (Å²) < 4.78 is 0. The van der Waals surface area contributed by atoms with Crippen molar-refractivity contribution in [1.29, 1.82) is 0 Å². The van der Waals surface area contributed by atoms with Crippen molar-refractivity contribution in [2.75, 3.05) is 0 Å². The molecule has 0 heterocycles. The zero-order valence-corrected chi connectivity index (χ0v) is 35.6. The van der Waals surface area contributed by atoms with E-state index < -0.39 is 0 Å². The first-order valence-electron chi connectivity index (χ1n) is 25.1. The topological polar surface area (TPSA) is 0 Å². The van der Waals surface area contributed by atoms with Gasteiger partial charge in [0.2, 0.25) is 0 Å². The van der Waals surface area contributed by atoms with Crippen LogP contribution in [0.2, 0.25) is 0 Å². The lowest BCUT2D eigenvalue weighted by Gasteiger charge is -2.51. The van der Waals surface area contributed by atoms with Gasteiger partial charge in [-0.2, -0.15) is 0 Å². The van der Waals surface area contributed by atoms with Crippen molar-refractivity contribution in [2.24, 2.45) is 123 Å². The zero-order chi connectivity index (χ0) is 35.6. The molecule has 10 rings (SSSR count). The number of fused-ring (bicyclic) bond motifs is 9. The summed E-state index contributed by atoms with van der Waals surface area (Å²) in [6.45, 7) is 16.5. The van der Waals surface area contributed by atoms with Gasteiger partial charge < -0.3 is 0 Å². The Labute approximate surface area is 323 Å². The Bertz CT molecular complexity index is 1210. The first-order chi connectivity index (χ1) is 25.1. The maximum absolute atomic E-state index is 2.83. The average molecular weight is 711 g/mol. The van der Waals surface area contributed by atoms with E-state index in [9.17, 15) is 0 Å².